The van der Waals surface area contributed by atoms with Crippen molar-refractivity contribution in [2.75, 3.05) is 44.2 Å². The number of para-hydroxylation sites is 1. The molecule has 1 aliphatic rings. The largest absolute Gasteiger partial charge is 0.361 e. The van der Waals surface area contributed by atoms with E-state index in [1.807, 2.05) is 77.8 Å². The molecule has 4 aromatic rings. The first-order chi connectivity index (χ1) is 17.2. The van der Waals surface area contributed by atoms with Crippen LogP contribution in [0, 0.1) is 0 Å². The Labute approximate surface area is 204 Å². The van der Waals surface area contributed by atoms with Crippen LogP contribution < -0.4 is 4.90 Å². The highest BCUT2D eigenvalue weighted by atomic mass is 16.2. The molecule has 5 rings (SSSR count). The molecule has 0 spiro atoms. The van der Waals surface area contributed by atoms with Crippen molar-refractivity contribution in [3.05, 3.63) is 90.4 Å². The SMILES string of the molecule is O=C(CN(C(=O)c1ccc2cc[nH]c2c1)c1ccccc1)N1CCN(CCc2cccnn2)CC1. The fourth-order valence-corrected chi connectivity index (χ4v) is 4.42. The molecule has 178 valence electrons. The molecule has 2 aromatic heterocycles. The smallest absolute Gasteiger partial charge is 0.258 e. The van der Waals surface area contributed by atoms with Gasteiger partial charge in [0.05, 0.1) is 5.69 Å². The number of anilines is 1. The summed E-state index contributed by atoms with van der Waals surface area (Å²) in [4.78, 5) is 35.7. The molecule has 0 unspecified atom stereocenters. The molecule has 35 heavy (non-hydrogen) atoms. The van der Waals surface area contributed by atoms with Crippen LogP contribution in [0.4, 0.5) is 5.69 Å². The van der Waals surface area contributed by atoms with Gasteiger partial charge < -0.3 is 9.88 Å². The number of carbonyl (C=O) groups excluding carboxylic acids is 2. The van der Waals surface area contributed by atoms with Crippen molar-refractivity contribution in [1.82, 2.24) is 25.0 Å². The minimum Gasteiger partial charge on any atom is -0.361 e. The second kappa shape index (κ2) is 10.5. The molecule has 0 atom stereocenters. The summed E-state index contributed by atoms with van der Waals surface area (Å²) < 4.78 is 0. The van der Waals surface area contributed by atoms with Crippen molar-refractivity contribution in [3.8, 4) is 0 Å². The maximum atomic E-state index is 13.5. The second-order valence-corrected chi connectivity index (χ2v) is 8.69. The van der Waals surface area contributed by atoms with Crippen LogP contribution in [-0.4, -0.2) is 76.1 Å². The normalized spacial score (nSPS) is 14.2. The van der Waals surface area contributed by atoms with E-state index in [0.29, 0.717) is 24.3 Å². The summed E-state index contributed by atoms with van der Waals surface area (Å²) in [5, 5.41) is 9.11. The summed E-state index contributed by atoms with van der Waals surface area (Å²) in [6, 6.07) is 20.8. The van der Waals surface area contributed by atoms with E-state index in [-0.39, 0.29) is 18.4 Å². The van der Waals surface area contributed by atoms with E-state index in [4.69, 9.17) is 0 Å². The van der Waals surface area contributed by atoms with Crippen LogP contribution in [0.15, 0.2) is 79.1 Å². The van der Waals surface area contributed by atoms with E-state index < -0.39 is 0 Å². The molecule has 0 bridgehead atoms. The highest BCUT2D eigenvalue weighted by Crippen LogP contribution is 2.20. The highest BCUT2D eigenvalue weighted by Gasteiger charge is 2.26. The van der Waals surface area contributed by atoms with Gasteiger partial charge in [0.15, 0.2) is 0 Å². The average Bonchev–Trinajstić information content (AvgIpc) is 3.39. The van der Waals surface area contributed by atoms with E-state index >= 15 is 0 Å². The topological polar surface area (TPSA) is 85.4 Å². The van der Waals surface area contributed by atoms with Gasteiger partial charge in [-0.2, -0.15) is 10.2 Å². The molecule has 1 saturated heterocycles. The molecule has 8 nitrogen and oxygen atoms in total. The van der Waals surface area contributed by atoms with Gasteiger partial charge in [-0.1, -0.05) is 24.3 Å². The minimum absolute atomic E-state index is 0.00517. The van der Waals surface area contributed by atoms with E-state index in [2.05, 4.69) is 20.1 Å². The van der Waals surface area contributed by atoms with E-state index in [0.717, 1.165) is 42.7 Å². The van der Waals surface area contributed by atoms with Crippen LogP contribution in [0.2, 0.25) is 0 Å². The molecular weight excluding hydrogens is 440 g/mol. The number of fused-ring (bicyclic) bond motifs is 1. The van der Waals surface area contributed by atoms with Gasteiger partial charge in [-0.25, -0.2) is 0 Å². The third kappa shape index (κ3) is 5.38. The molecule has 2 aromatic carbocycles. The van der Waals surface area contributed by atoms with Crippen molar-refractivity contribution in [1.29, 1.82) is 0 Å². The number of aromatic amines is 1. The maximum absolute atomic E-state index is 13.5. The van der Waals surface area contributed by atoms with Crippen LogP contribution in [0.1, 0.15) is 16.1 Å². The highest BCUT2D eigenvalue weighted by molar-refractivity contribution is 6.10. The molecular formula is C27H28N6O2. The predicted octanol–water partition coefficient (Wildman–Crippen LogP) is 2.99. The van der Waals surface area contributed by atoms with Gasteiger partial charge in [-0.05, 0) is 47.9 Å². The Morgan fingerprint density at radius 1 is 0.943 bits per heavy atom. The second-order valence-electron chi connectivity index (χ2n) is 8.69. The number of H-pyrrole nitrogens is 1. The molecule has 3 heterocycles. The number of carbonyl (C=O) groups is 2. The predicted molar refractivity (Wildman–Crippen MR) is 135 cm³/mol. The Bertz CT molecular complexity index is 1280. The standard InChI is InChI=1S/C27H28N6O2/c34-26(32-17-15-31(16-18-32)14-11-23-5-4-12-29-30-23)20-33(24-6-2-1-3-7-24)27(35)22-9-8-21-10-13-28-25(21)19-22/h1-10,12-13,19,28H,11,14-18,20H2. The Kier molecular flexibility index (Phi) is 6.81. The lowest BCUT2D eigenvalue weighted by atomic mass is 10.1. The van der Waals surface area contributed by atoms with Crippen LogP contribution in [0.5, 0.6) is 0 Å². The number of hydrogen-bond acceptors (Lipinski definition) is 5. The molecule has 2 amide bonds. The van der Waals surface area contributed by atoms with Gasteiger partial charge in [-0.15, -0.1) is 0 Å². The number of benzene rings is 2. The van der Waals surface area contributed by atoms with Gasteiger partial charge in [0.2, 0.25) is 5.91 Å². The summed E-state index contributed by atoms with van der Waals surface area (Å²) in [5.74, 6) is -0.236. The van der Waals surface area contributed by atoms with Crippen LogP contribution in [0.25, 0.3) is 10.9 Å². The number of hydrogen-bond donors (Lipinski definition) is 1. The van der Waals surface area contributed by atoms with E-state index in [1.54, 1.807) is 11.1 Å². The summed E-state index contributed by atoms with van der Waals surface area (Å²) in [6.45, 7) is 3.78. The third-order valence-electron chi connectivity index (χ3n) is 6.45. The lowest BCUT2D eigenvalue weighted by Crippen LogP contribution is -2.52. The van der Waals surface area contributed by atoms with Gasteiger partial charge >= 0.3 is 0 Å². The summed E-state index contributed by atoms with van der Waals surface area (Å²) >= 11 is 0. The van der Waals surface area contributed by atoms with Gasteiger partial charge in [-0.3, -0.25) is 19.4 Å². The van der Waals surface area contributed by atoms with Crippen molar-refractivity contribution < 1.29 is 9.59 Å². The van der Waals surface area contributed by atoms with Gasteiger partial charge in [0, 0.05) is 68.3 Å². The first-order valence-corrected chi connectivity index (χ1v) is 11.9. The zero-order valence-electron chi connectivity index (χ0n) is 19.5. The van der Waals surface area contributed by atoms with Crippen LogP contribution >= 0.6 is 0 Å². The molecule has 0 aliphatic carbocycles. The van der Waals surface area contributed by atoms with Crippen molar-refractivity contribution >= 4 is 28.4 Å². The monoisotopic (exact) mass is 468 g/mol. The maximum Gasteiger partial charge on any atom is 0.258 e. The quantitative estimate of drug-likeness (QED) is 0.451. The Morgan fingerprint density at radius 2 is 1.77 bits per heavy atom. The number of piperazine rings is 1. The number of nitrogens with one attached hydrogen (secondary N) is 1. The van der Waals surface area contributed by atoms with Crippen molar-refractivity contribution in [2.24, 2.45) is 0 Å². The Hall–Kier alpha value is -4.04. The fraction of sp³-hybridized carbons (Fsp3) is 0.259. The summed E-state index contributed by atoms with van der Waals surface area (Å²) in [6.07, 6.45) is 4.36. The van der Waals surface area contributed by atoms with Gasteiger partial charge in [0.1, 0.15) is 6.54 Å². The number of nitrogens with zero attached hydrogens (tertiary/aromatic N) is 5. The van der Waals surface area contributed by atoms with E-state index in [9.17, 15) is 9.59 Å². The number of aromatic nitrogens is 3. The molecule has 0 radical (unpaired) electrons. The molecule has 1 fully saturated rings. The molecule has 8 heteroatoms. The van der Waals surface area contributed by atoms with Crippen molar-refractivity contribution in [3.63, 3.8) is 0 Å². The molecule has 0 saturated carbocycles. The zero-order valence-corrected chi connectivity index (χ0v) is 19.5. The number of amides is 2. The Morgan fingerprint density at radius 3 is 2.54 bits per heavy atom. The first-order valence-electron chi connectivity index (χ1n) is 11.9. The van der Waals surface area contributed by atoms with Crippen LogP contribution in [-0.2, 0) is 11.2 Å². The average molecular weight is 469 g/mol. The molecule has 1 N–H and O–H groups in total. The van der Waals surface area contributed by atoms with E-state index in [1.165, 1.54) is 0 Å². The third-order valence-corrected chi connectivity index (χ3v) is 6.45. The fourth-order valence-electron chi connectivity index (χ4n) is 4.42. The van der Waals surface area contributed by atoms with Crippen LogP contribution in [0.3, 0.4) is 0 Å². The van der Waals surface area contributed by atoms with Crippen molar-refractivity contribution in [2.45, 2.75) is 6.42 Å². The lowest BCUT2D eigenvalue weighted by molar-refractivity contribution is -0.131. The first kappa shape index (κ1) is 22.7. The summed E-state index contributed by atoms with van der Waals surface area (Å²) in [7, 11) is 0. The lowest BCUT2D eigenvalue weighted by Gasteiger charge is -2.35. The minimum atomic E-state index is -0.191. The molecule has 1 aliphatic heterocycles. The summed E-state index contributed by atoms with van der Waals surface area (Å²) in [5.41, 5.74) is 3.12. The Balaban J connectivity index is 1.24. The van der Waals surface area contributed by atoms with Gasteiger partial charge in [0.25, 0.3) is 5.91 Å². The number of rotatable bonds is 7. The zero-order chi connectivity index (χ0) is 24.0.